The van der Waals surface area contributed by atoms with Crippen LogP contribution < -0.4 is 5.43 Å². The first-order valence-corrected chi connectivity index (χ1v) is 6.49. The summed E-state index contributed by atoms with van der Waals surface area (Å²) in [6.07, 6.45) is 1.51. The van der Waals surface area contributed by atoms with Gasteiger partial charge in [0.15, 0.2) is 17.2 Å². The summed E-state index contributed by atoms with van der Waals surface area (Å²) in [7, 11) is 0. The highest BCUT2D eigenvalue weighted by Gasteiger charge is 2.12. The van der Waals surface area contributed by atoms with Crippen LogP contribution in [0.25, 0.3) is 0 Å². The molecule has 0 aliphatic carbocycles. The van der Waals surface area contributed by atoms with Gasteiger partial charge in [0.25, 0.3) is 5.91 Å². The molecule has 1 heterocycles. The Hall–Kier alpha value is -2.54. The molecule has 0 atom stereocenters. The summed E-state index contributed by atoms with van der Waals surface area (Å²) >= 11 is 1.49. The number of thiophene rings is 1. The molecule has 0 radical (unpaired) electrons. The number of phenols is 3. The Morgan fingerprint density at radius 2 is 1.95 bits per heavy atom. The van der Waals surface area contributed by atoms with E-state index in [9.17, 15) is 20.1 Å². The van der Waals surface area contributed by atoms with Crippen molar-refractivity contribution in [2.45, 2.75) is 6.92 Å². The number of hydrazone groups is 1. The normalized spacial score (nSPS) is 10.8. The van der Waals surface area contributed by atoms with Crippen LogP contribution in [-0.2, 0) is 0 Å². The van der Waals surface area contributed by atoms with Crippen LogP contribution >= 0.6 is 11.3 Å². The molecule has 6 nitrogen and oxygen atoms in total. The first-order chi connectivity index (χ1) is 9.49. The van der Waals surface area contributed by atoms with Gasteiger partial charge in [0.1, 0.15) is 0 Å². The second-order valence-corrected chi connectivity index (χ2v) is 4.98. The molecule has 0 aliphatic rings. The highest BCUT2D eigenvalue weighted by atomic mass is 32.1. The molecule has 2 aromatic rings. The second kappa shape index (κ2) is 5.62. The van der Waals surface area contributed by atoms with Crippen LogP contribution in [0, 0.1) is 6.92 Å². The number of carbonyl (C=O) groups excluding carboxylic acids is 1. The van der Waals surface area contributed by atoms with Crippen molar-refractivity contribution >= 4 is 23.5 Å². The largest absolute Gasteiger partial charge is 0.504 e. The fourth-order valence-electron chi connectivity index (χ4n) is 1.47. The van der Waals surface area contributed by atoms with Gasteiger partial charge in [0, 0.05) is 10.4 Å². The van der Waals surface area contributed by atoms with Crippen LogP contribution in [0.4, 0.5) is 0 Å². The van der Waals surface area contributed by atoms with Gasteiger partial charge < -0.3 is 15.3 Å². The average Bonchev–Trinajstić information content (AvgIpc) is 2.81. The number of aromatic hydroxyl groups is 3. The van der Waals surface area contributed by atoms with Crippen LogP contribution in [0.5, 0.6) is 17.2 Å². The molecular weight excluding hydrogens is 280 g/mol. The third-order valence-corrected chi connectivity index (χ3v) is 3.53. The molecule has 1 aromatic carbocycles. The van der Waals surface area contributed by atoms with Gasteiger partial charge in [0.05, 0.1) is 6.21 Å². The number of aryl methyl sites for hydroxylation is 1. The number of amides is 1. The third kappa shape index (κ3) is 2.89. The van der Waals surface area contributed by atoms with Gasteiger partial charge >= 0.3 is 0 Å². The Morgan fingerprint density at radius 1 is 1.30 bits per heavy atom. The number of nitrogens with zero attached hydrogens (tertiary/aromatic N) is 1. The minimum Gasteiger partial charge on any atom is -0.504 e. The highest BCUT2D eigenvalue weighted by Crippen LogP contribution is 2.35. The molecule has 104 valence electrons. The molecule has 4 N–H and O–H groups in total. The number of rotatable bonds is 3. The molecule has 7 heteroatoms. The van der Waals surface area contributed by atoms with E-state index in [0.29, 0.717) is 0 Å². The Bertz CT molecular complexity index is 656. The van der Waals surface area contributed by atoms with Gasteiger partial charge in [-0.25, -0.2) is 5.43 Å². The van der Waals surface area contributed by atoms with Crippen molar-refractivity contribution in [3.8, 4) is 17.2 Å². The summed E-state index contributed by atoms with van der Waals surface area (Å²) in [5.41, 5.74) is 3.30. The maximum atomic E-state index is 11.7. The number of benzene rings is 1. The van der Waals surface area contributed by atoms with E-state index in [2.05, 4.69) is 10.5 Å². The van der Waals surface area contributed by atoms with Crippen molar-refractivity contribution in [3.63, 3.8) is 0 Å². The van der Waals surface area contributed by atoms with Crippen LogP contribution in [0.2, 0.25) is 0 Å². The predicted molar refractivity (Wildman–Crippen MR) is 75.6 cm³/mol. The Labute approximate surface area is 118 Å². The minimum absolute atomic E-state index is 0.0159. The zero-order chi connectivity index (χ0) is 14.7. The van der Waals surface area contributed by atoms with Gasteiger partial charge in [-0.05, 0) is 36.1 Å². The molecule has 2 rings (SSSR count). The molecular formula is C13H12N2O4S. The first-order valence-electron chi connectivity index (χ1n) is 5.61. The molecule has 0 saturated heterocycles. The van der Waals surface area contributed by atoms with Crippen molar-refractivity contribution in [2.24, 2.45) is 5.10 Å². The zero-order valence-corrected chi connectivity index (χ0v) is 11.3. The maximum absolute atomic E-state index is 11.7. The summed E-state index contributed by atoms with van der Waals surface area (Å²) in [6, 6.07) is 4.01. The lowest BCUT2D eigenvalue weighted by atomic mass is 10.2. The molecule has 0 bridgehead atoms. The fraction of sp³-hybridized carbons (Fsp3) is 0.0769. The Kier molecular flexibility index (Phi) is 3.90. The molecule has 1 amide bonds. The van der Waals surface area contributed by atoms with Crippen LogP contribution in [-0.4, -0.2) is 27.4 Å². The number of hydrogen-bond acceptors (Lipinski definition) is 6. The molecule has 0 fully saturated rings. The summed E-state index contributed by atoms with van der Waals surface area (Å²) in [6.45, 7) is 1.93. The summed E-state index contributed by atoms with van der Waals surface area (Å²) in [4.78, 5) is 12.7. The van der Waals surface area contributed by atoms with Gasteiger partial charge in [-0.2, -0.15) is 5.10 Å². The maximum Gasteiger partial charge on any atom is 0.271 e. The molecule has 0 unspecified atom stereocenters. The second-order valence-electron chi connectivity index (χ2n) is 4.03. The summed E-state index contributed by atoms with van der Waals surface area (Å²) in [5, 5.41) is 33.5. The van der Waals surface area contributed by atoms with Gasteiger partial charge in [-0.3, -0.25) is 4.79 Å². The van der Waals surface area contributed by atoms with E-state index in [-0.39, 0.29) is 5.56 Å². The monoisotopic (exact) mass is 292 g/mol. The first kappa shape index (κ1) is 13.9. The summed E-state index contributed by atoms with van der Waals surface area (Å²) < 4.78 is 0. The minimum atomic E-state index is -0.667. The van der Waals surface area contributed by atoms with Crippen molar-refractivity contribution in [3.05, 3.63) is 39.6 Å². The predicted octanol–water partition coefficient (Wildman–Crippen LogP) is 1.94. The number of phenolic OH excluding ortho intramolecular Hbond substituents is 3. The smallest absolute Gasteiger partial charge is 0.271 e. The van der Waals surface area contributed by atoms with Gasteiger partial charge in [-0.1, -0.05) is 0 Å². The lowest BCUT2D eigenvalue weighted by Gasteiger charge is -2.04. The summed E-state index contributed by atoms with van der Waals surface area (Å²) in [5.74, 6) is -2.43. The van der Waals surface area contributed by atoms with Crippen molar-refractivity contribution < 1.29 is 20.1 Å². The van der Waals surface area contributed by atoms with Crippen LogP contribution in [0.15, 0.2) is 28.7 Å². The molecule has 0 aliphatic heterocycles. The van der Waals surface area contributed by atoms with Crippen molar-refractivity contribution in [2.75, 3.05) is 0 Å². The number of carbonyl (C=O) groups is 1. The standard InChI is InChI=1S/C13H12N2O4S/c1-7-2-3-20-11(7)6-14-15-13(19)8-4-9(16)12(18)10(17)5-8/h2-6,16-18H,1H3,(H,15,19). The van der Waals surface area contributed by atoms with Crippen molar-refractivity contribution in [1.82, 2.24) is 5.43 Å². The Morgan fingerprint density at radius 3 is 2.50 bits per heavy atom. The number of hydrogen-bond donors (Lipinski definition) is 4. The lowest BCUT2D eigenvalue weighted by Crippen LogP contribution is -2.17. The van der Waals surface area contributed by atoms with E-state index in [0.717, 1.165) is 22.6 Å². The third-order valence-electron chi connectivity index (χ3n) is 2.58. The SMILES string of the molecule is Cc1ccsc1C=NNC(=O)c1cc(O)c(O)c(O)c1. The van der Waals surface area contributed by atoms with Crippen molar-refractivity contribution in [1.29, 1.82) is 0 Å². The van der Waals surface area contributed by atoms with E-state index >= 15 is 0 Å². The highest BCUT2D eigenvalue weighted by molar-refractivity contribution is 7.11. The van der Waals surface area contributed by atoms with E-state index in [1.165, 1.54) is 17.6 Å². The Balaban J connectivity index is 2.09. The molecule has 0 saturated carbocycles. The zero-order valence-electron chi connectivity index (χ0n) is 10.5. The molecule has 0 spiro atoms. The van der Waals surface area contributed by atoms with Crippen LogP contribution in [0.1, 0.15) is 20.8 Å². The molecule has 1 aromatic heterocycles. The average molecular weight is 292 g/mol. The van der Waals surface area contributed by atoms with Gasteiger partial charge in [0.2, 0.25) is 0 Å². The van der Waals surface area contributed by atoms with E-state index < -0.39 is 23.2 Å². The van der Waals surface area contributed by atoms with Crippen LogP contribution in [0.3, 0.4) is 0 Å². The molecule has 20 heavy (non-hydrogen) atoms. The van der Waals surface area contributed by atoms with E-state index in [4.69, 9.17) is 0 Å². The van der Waals surface area contributed by atoms with E-state index in [1.807, 2.05) is 18.4 Å². The topological polar surface area (TPSA) is 102 Å². The van der Waals surface area contributed by atoms with E-state index in [1.54, 1.807) is 0 Å². The van der Waals surface area contributed by atoms with Gasteiger partial charge in [-0.15, -0.1) is 11.3 Å². The fourth-order valence-corrected chi connectivity index (χ4v) is 2.25. The number of nitrogens with one attached hydrogen (secondary N) is 1. The quantitative estimate of drug-likeness (QED) is 0.394. The lowest BCUT2D eigenvalue weighted by molar-refractivity contribution is 0.0954.